The Morgan fingerprint density at radius 3 is 2.64 bits per heavy atom. The van der Waals surface area contributed by atoms with Crippen LogP contribution in [0, 0.1) is 17.8 Å². The highest BCUT2D eigenvalue weighted by molar-refractivity contribution is 5.66. The summed E-state index contributed by atoms with van der Waals surface area (Å²) >= 11 is 0. The van der Waals surface area contributed by atoms with E-state index in [1.807, 2.05) is 0 Å². The number of carboxylic acids is 1. The zero-order valence-corrected chi connectivity index (χ0v) is 8.45. The van der Waals surface area contributed by atoms with Crippen LogP contribution in [0.4, 0.5) is 0 Å². The van der Waals surface area contributed by atoms with Crippen LogP contribution in [0.25, 0.3) is 0 Å². The van der Waals surface area contributed by atoms with Gasteiger partial charge in [-0.25, -0.2) is 0 Å². The number of hydrogen-bond acceptors (Lipinski definition) is 2. The van der Waals surface area contributed by atoms with E-state index in [9.17, 15) is 4.79 Å². The third-order valence-corrected chi connectivity index (χ3v) is 3.49. The molecule has 0 aromatic carbocycles. The maximum absolute atomic E-state index is 10.5. The number of hydrogen-bond donors (Lipinski definition) is 1. The average Bonchev–Trinajstić information content (AvgIpc) is 2.81. The second-order valence-corrected chi connectivity index (χ2v) is 4.56. The van der Waals surface area contributed by atoms with Crippen LogP contribution in [0.3, 0.4) is 0 Å². The molecule has 0 bridgehead atoms. The van der Waals surface area contributed by atoms with Gasteiger partial charge in [-0.05, 0) is 43.4 Å². The summed E-state index contributed by atoms with van der Waals surface area (Å²) < 4.78 is 5.38. The molecule has 2 rings (SSSR count). The zero-order chi connectivity index (χ0) is 9.97. The first-order valence-electron chi connectivity index (χ1n) is 5.57. The fraction of sp³-hybridized carbons (Fsp3) is 0.909. The Balaban J connectivity index is 1.83. The van der Waals surface area contributed by atoms with Gasteiger partial charge in [-0.1, -0.05) is 0 Å². The Kier molecular flexibility index (Phi) is 3.06. The first-order valence-corrected chi connectivity index (χ1v) is 5.57. The van der Waals surface area contributed by atoms with Crippen molar-refractivity contribution < 1.29 is 14.6 Å². The van der Waals surface area contributed by atoms with E-state index < -0.39 is 5.97 Å². The standard InChI is InChI=1S/C11H18O3/c12-11(13)4-3-10(8-1-2-8)9-5-6-14-7-9/h8-10H,1-7H2,(H,12,13). The fourth-order valence-electron chi connectivity index (χ4n) is 2.56. The molecule has 14 heavy (non-hydrogen) atoms. The van der Waals surface area contributed by atoms with Crippen molar-refractivity contribution in [2.75, 3.05) is 13.2 Å². The number of ether oxygens (including phenoxy) is 1. The lowest BCUT2D eigenvalue weighted by Crippen LogP contribution is -2.18. The maximum Gasteiger partial charge on any atom is 0.303 e. The van der Waals surface area contributed by atoms with E-state index in [2.05, 4.69) is 0 Å². The molecule has 2 fully saturated rings. The van der Waals surface area contributed by atoms with Crippen LogP contribution >= 0.6 is 0 Å². The smallest absolute Gasteiger partial charge is 0.303 e. The van der Waals surface area contributed by atoms with Crippen molar-refractivity contribution >= 4 is 5.97 Å². The Labute approximate surface area is 84.4 Å². The van der Waals surface area contributed by atoms with Crippen molar-refractivity contribution in [2.24, 2.45) is 17.8 Å². The molecule has 0 aromatic heterocycles. The van der Waals surface area contributed by atoms with Crippen LogP contribution < -0.4 is 0 Å². The van der Waals surface area contributed by atoms with Gasteiger partial charge in [0.2, 0.25) is 0 Å². The van der Waals surface area contributed by atoms with Gasteiger partial charge in [0.05, 0.1) is 0 Å². The summed E-state index contributed by atoms with van der Waals surface area (Å²) in [6, 6.07) is 0. The van der Waals surface area contributed by atoms with E-state index in [1.54, 1.807) is 0 Å². The first kappa shape index (κ1) is 9.97. The molecule has 1 saturated heterocycles. The van der Waals surface area contributed by atoms with E-state index in [1.165, 1.54) is 12.8 Å². The molecule has 0 radical (unpaired) electrons. The molecule has 1 saturated carbocycles. The van der Waals surface area contributed by atoms with E-state index in [0.717, 1.165) is 32.0 Å². The minimum atomic E-state index is -0.658. The third kappa shape index (κ3) is 2.47. The van der Waals surface area contributed by atoms with Gasteiger partial charge >= 0.3 is 5.97 Å². The van der Waals surface area contributed by atoms with Gasteiger partial charge in [-0.15, -0.1) is 0 Å². The molecule has 80 valence electrons. The monoisotopic (exact) mass is 198 g/mol. The highest BCUT2D eigenvalue weighted by Gasteiger charge is 2.37. The summed E-state index contributed by atoms with van der Waals surface area (Å²) in [5, 5.41) is 8.68. The van der Waals surface area contributed by atoms with Gasteiger partial charge < -0.3 is 9.84 Å². The second-order valence-electron chi connectivity index (χ2n) is 4.56. The van der Waals surface area contributed by atoms with Crippen molar-refractivity contribution in [1.29, 1.82) is 0 Å². The number of carbonyl (C=O) groups is 1. The quantitative estimate of drug-likeness (QED) is 0.734. The Morgan fingerprint density at radius 1 is 1.36 bits per heavy atom. The van der Waals surface area contributed by atoms with Crippen LogP contribution in [0.5, 0.6) is 0 Å². The molecule has 0 amide bonds. The predicted octanol–water partition coefficient (Wildman–Crippen LogP) is 1.91. The van der Waals surface area contributed by atoms with Gasteiger partial charge in [-0.3, -0.25) is 4.79 Å². The van der Waals surface area contributed by atoms with Crippen LogP contribution in [0.15, 0.2) is 0 Å². The van der Waals surface area contributed by atoms with E-state index in [0.29, 0.717) is 18.3 Å². The topological polar surface area (TPSA) is 46.5 Å². The van der Waals surface area contributed by atoms with Gasteiger partial charge in [-0.2, -0.15) is 0 Å². The molecule has 2 atom stereocenters. The number of carboxylic acid groups (broad SMARTS) is 1. The van der Waals surface area contributed by atoms with E-state index >= 15 is 0 Å². The minimum Gasteiger partial charge on any atom is -0.481 e. The molecule has 1 aliphatic carbocycles. The van der Waals surface area contributed by atoms with Gasteiger partial charge in [0, 0.05) is 19.6 Å². The molecule has 1 heterocycles. The Bertz CT molecular complexity index is 205. The minimum absolute atomic E-state index is 0.331. The summed E-state index contributed by atoms with van der Waals surface area (Å²) in [6.07, 6.45) is 4.94. The second kappa shape index (κ2) is 4.30. The largest absolute Gasteiger partial charge is 0.481 e. The summed E-state index contributed by atoms with van der Waals surface area (Å²) in [7, 11) is 0. The maximum atomic E-state index is 10.5. The van der Waals surface area contributed by atoms with Crippen molar-refractivity contribution in [2.45, 2.75) is 32.1 Å². The molecule has 0 aromatic rings. The normalized spacial score (nSPS) is 29.0. The predicted molar refractivity (Wildman–Crippen MR) is 52.0 cm³/mol. The lowest BCUT2D eigenvalue weighted by molar-refractivity contribution is -0.137. The van der Waals surface area contributed by atoms with Crippen LogP contribution in [-0.4, -0.2) is 24.3 Å². The molecule has 2 unspecified atom stereocenters. The Morgan fingerprint density at radius 2 is 2.14 bits per heavy atom. The number of aliphatic carboxylic acids is 1. The van der Waals surface area contributed by atoms with Crippen molar-refractivity contribution in [3.05, 3.63) is 0 Å². The van der Waals surface area contributed by atoms with Crippen molar-refractivity contribution in [3.63, 3.8) is 0 Å². The van der Waals surface area contributed by atoms with Gasteiger partial charge in [0.15, 0.2) is 0 Å². The first-order chi connectivity index (χ1) is 6.77. The lowest BCUT2D eigenvalue weighted by Gasteiger charge is -2.21. The lowest BCUT2D eigenvalue weighted by atomic mass is 9.84. The molecule has 1 aliphatic heterocycles. The highest BCUT2D eigenvalue weighted by atomic mass is 16.5. The molecule has 1 N–H and O–H groups in total. The van der Waals surface area contributed by atoms with Gasteiger partial charge in [0.1, 0.15) is 0 Å². The molecule has 2 aliphatic rings. The van der Waals surface area contributed by atoms with E-state index in [4.69, 9.17) is 9.84 Å². The van der Waals surface area contributed by atoms with Crippen LogP contribution in [-0.2, 0) is 9.53 Å². The molecule has 0 spiro atoms. The summed E-state index contributed by atoms with van der Waals surface area (Å²) in [5.74, 6) is 1.41. The molecular weight excluding hydrogens is 180 g/mol. The fourth-order valence-corrected chi connectivity index (χ4v) is 2.56. The SMILES string of the molecule is O=C(O)CCC(C1CC1)C1CCOC1. The molecular formula is C11H18O3. The summed E-state index contributed by atoms with van der Waals surface area (Å²) in [6.45, 7) is 1.74. The Hall–Kier alpha value is -0.570. The van der Waals surface area contributed by atoms with Gasteiger partial charge in [0.25, 0.3) is 0 Å². The number of rotatable bonds is 5. The van der Waals surface area contributed by atoms with Crippen LogP contribution in [0.2, 0.25) is 0 Å². The average molecular weight is 198 g/mol. The zero-order valence-electron chi connectivity index (χ0n) is 8.45. The van der Waals surface area contributed by atoms with Crippen molar-refractivity contribution in [1.82, 2.24) is 0 Å². The summed E-state index contributed by atoms with van der Waals surface area (Å²) in [4.78, 5) is 10.5. The molecule has 3 heteroatoms. The third-order valence-electron chi connectivity index (χ3n) is 3.49. The van der Waals surface area contributed by atoms with Crippen LogP contribution in [0.1, 0.15) is 32.1 Å². The highest BCUT2D eigenvalue weighted by Crippen LogP contribution is 2.44. The summed E-state index contributed by atoms with van der Waals surface area (Å²) in [5.41, 5.74) is 0. The molecule has 3 nitrogen and oxygen atoms in total. The van der Waals surface area contributed by atoms with Crippen molar-refractivity contribution in [3.8, 4) is 0 Å². The van der Waals surface area contributed by atoms with E-state index in [-0.39, 0.29) is 0 Å².